The first-order valence-corrected chi connectivity index (χ1v) is 9.60. The molecule has 3 N–H and O–H groups in total. The van der Waals surface area contributed by atoms with Crippen LogP contribution in [0.2, 0.25) is 0 Å². The molecule has 0 saturated heterocycles. The van der Waals surface area contributed by atoms with E-state index in [1.54, 1.807) is 24.3 Å². The van der Waals surface area contributed by atoms with Crippen LogP contribution in [0.25, 0.3) is 16.6 Å². The highest BCUT2D eigenvalue weighted by Gasteiger charge is 2.10. The Morgan fingerprint density at radius 3 is 2.47 bits per heavy atom. The van der Waals surface area contributed by atoms with Crippen LogP contribution in [-0.2, 0) is 11.3 Å². The summed E-state index contributed by atoms with van der Waals surface area (Å²) in [6.07, 6.45) is 1.83. The van der Waals surface area contributed by atoms with Crippen molar-refractivity contribution in [3.05, 3.63) is 90.1 Å². The predicted octanol–water partition coefficient (Wildman–Crippen LogP) is 4.51. The summed E-state index contributed by atoms with van der Waals surface area (Å²) in [4.78, 5) is 11.1. The van der Waals surface area contributed by atoms with E-state index in [0.29, 0.717) is 25.5 Å². The molecule has 4 rings (SSSR count). The van der Waals surface area contributed by atoms with Gasteiger partial charge in [0, 0.05) is 17.3 Å². The summed E-state index contributed by atoms with van der Waals surface area (Å²) in [5.74, 6) is -0.232. The molecule has 0 radical (unpaired) electrons. The summed E-state index contributed by atoms with van der Waals surface area (Å²) in [7, 11) is 0. The number of hydrogen-bond donors (Lipinski definition) is 2. The SMILES string of the molecule is Nc1cn(-c2ccc(C(=O)O)cc2)c2ccc(OCCOCc3ccccc3)cc12. The number of aromatic nitrogens is 1. The first-order valence-electron chi connectivity index (χ1n) is 9.60. The van der Waals surface area contributed by atoms with Gasteiger partial charge in [0.2, 0.25) is 0 Å². The maximum atomic E-state index is 11.1. The Balaban J connectivity index is 1.42. The molecule has 0 aliphatic heterocycles. The minimum atomic E-state index is -0.951. The minimum Gasteiger partial charge on any atom is -0.491 e. The number of anilines is 1. The summed E-state index contributed by atoms with van der Waals surface area (Å²) in [6, 6.07) is 22.4. The number of benzene rings is 3. The number of rotatable bonds is 8. The molecule has 0 saturated carbocycles. The second-order valence-electron chi connectivity index (χ2n) is 6.87. The largest absolute Gasteiger partial charge is 0.491 e. The minimum absolute atomic E-state index is 0.244. The molecule has 152 valence electrons. The van der Waals surface area contributed by atoms with Crippen LogP contribution in [-0.4, -0.2) is 28.9 Å². The quantitative estimate of drug-likeness (QED) is 0.424. The molecule has 6 heteroatoms. The monoisotopic (exact) mass is 402 g/mol. The molecule has 0 aliphatic rings. The second kappa shape index (κ2) is 8.71. The maximum Gasteiger partial charge on any atom is 0.335 e. The average Bonchev–Trinajstić information content (AvgIpc) is 3.10. The molecule has 0 unspecified atom stereocenters. The highest BCUT2D eigenvalue weighted by Crippen LogP contribution is 2.30. The molecule has 0 spiro atoms. The smallest absolute Gasteiger partial charge is 0.335 e. The van der Waals surface area contributed by atoms with Crippen LogP contribution in [0.1, 0.15) is 15.9 Å². The molecule has 30 heavy (non-hydrogen) atoms. The fourth-order valence-electron chi connectivity index (χ4n) is 3.29. The van der Waals surface area contributed by atoms with Crippen molar-refractivity contribution in [2.45, 2.75) is 6.61 Å². The van der Waals surface area contributed by atoms with E-state index in [0.717, 1.165) is 27.9 Å². The van der Waals surface area contributed by atoms with Crippen LogP contribution in [0.15, 0.2) is 79.0 Å². The van der Waals surface area contributed by atoms with Gasteiger partial charge in [-0.05, 0) is 48.0 Å². The van der Waals surface area contributed by atoms with Gasteiger partial charge in [-0.1, -0.05) is 30.3 Å². The van der Waals surface area contributed by atoms with E-state index in [9.17, 15) is 4.79 Å². The zero-order chi connectivity index (χ0) is 20.9. The van der Waals surface area contributed by atoms with Crippen molar-refractivity contribution in [3.8, 4) is 11.4 Å². The van der Waals surface area contributed by atoms with Gasteiger partial charge in [0.1, 0.15) is 12.4 Å². The van der Waals surface area contributed by atoms with E-state index in [1.807, 2.05) is 59.3 Å². The first-order chi connectivity index (χ1) is 14.6. The van der Waals surface area contributed by atoms with E-state index in [4.69, 9.17) is 20.3 Å². The summed E-state index contributed by atoms with van der Waals surface area (Å²) in [5.41, 5.74) is 9.96. The molecule has 0 aliphatic carbocycles. The average molecular weight is 402 g/mol. The first kappa shape index (κ1) is 19.5. The second-order valence-corrected chi connectivity index (χ2v) is 6.87. The Hall–Kier alpha value is -3.77. The van der Waals surface area contributed by atoms with E-state index in [2.05, 4.69) is 0 Å². The fraction of sp³-hybridized carbons (Fsp3) is 0.125. The Morgan fingerprint density at radius 2 is 1.73 bits per heavy atom. The predicted molar refractivity (Wildman–Crippen MR) is 116 cm³/mol. The molecule has 0 amide bonds. The van der Waals surface area contributed by atoms with E-state index < -0.39 is 5.97 Å². The standard InChI is InChI=1S/C24H22N2O4/c25-22-15-26(19-8-6-18(7-9-19)24(27)28)23-11-10-20(14-21(22)23)30-13-12-29-16-17-4-2-1-3-5-17/h1-11,14-15H,12-13,16,25H2,(H,27,28). The van der Waals surface area contributed by atoms with E-state index >= 15 is 0 Å². The van der Waals surface area contributed by atoms with Gasteiger partial charge in [-0.25, -0.2) is 4.79 Å². The molecule has 0 atom stereocenters. The van der Waals surface area contributed by atoms with Crippen LogP contribution < -0.4 is 10.5 Å². The van der Waals surface area contributed by atoms with Crippen LogP contribution in [0.3, 0.4) is 0 Å². The number of aromatic carboxylic acids is 1. The molecular formula is C24H22N2O4. The van der Waals surface area contributed by atoms with Crippen molar-refractivity contribution in [3.63, 3.8) is 0 Å². The Morgan fingerprint density at radius 1 is 0.967 bits per heavy atom. The highest BCUT2D eigenvalue weighted by molar-refractivity contribution is 5.94. The molecule has 4 aromatic rings. The van der Waals surface area contributed by atoms with Crippen molar-refractivity contribution in [1.29, 1.82) is 0 Å². The lowest BCUT2D eigenvalue weighted by molar-refractivity contribution is 0.0697. The lowest BCUT2D eigenvalue weighted by atomic mass is 10.2. The Labute approximate surface area is 174 Å². The Bertz CT molecular complexity index is 1150. The van der Waals surface area contributed by atoms with Gasteiger partial charge in [-0.15, -0.1) is 0 Å². The summed E-state index contributed by atoms with van der Waals surface area (Å²) in [5, 5.41) is 9.94. The lowest BCUT2D eigenvalue weighted by Gasteiger charge is -2.09. The molecule has 6 nitrogen and oxygen atoms in total. The van der Waals surface area contributed by atoms with Crippen LogP contribution in [0.5, 0.6) is 5.75 Å². The number of hydrogen-bond acceptors (Lipinski definition) is 4. The number of nitrogen functional groups attached to an aromatic ring is 1. The van der Waals surface area contributed by atoms with Gasteiger partial charge in [0.15, 0.2) is 0 Å². The van der Waals surface area contributed by atoms with Gasteiger partial charge in [0.05, 0.1) is 30.0 Å². The molecule has 3 aromatic carbocycles. The number of carbonyl (C=O) groups is 1. The summed E-state index contributed by atoms with van der Waals surface area (Å²) < 4.78 is 13.4. The van der Waals surface area contributed by atoms with Crippen molar-refractivity contribution in [2.24, 2.45) is 0 Å². The zero-order valence-electron chi connectivity index (χ0n) is 16.3. The van der Waals surface area contributed by atoms with Gasteiger partial charge in [0.25, 0.3) is 0 Å². The third-order valence-electron chi connectivity index (χ3n) is 4.81. The number of ether oxygens (including phenoxy) is 2. The van der Waals surface area contributed by atoms with Crippen LogP contribution in [0.4, 0.5) is 5.69 Å². The van der Waals surface area contributed by atoms with Crippen LogP contribution in [0, 0.1) is 0 Å². The van der Waals surface area contributed by atoms with Crippen molar-refractivity contribution in [1.82, 2.24) is 4.57 Å². The van der Waals surface area contributed by atoms with Crippen molar-refractivity contribution < 1.29 is 19.4 Å². The molecule has 1 aromatic heterocycles. The normalized spacial score (nSPS) is 10.9. The molecule has 0 bridgehead atoms. The number of fused-ring (bicyclic) bond motifs is 1. The topological polar surface area (TPSA) is 86.7 Å². The lowest BCUT2D eigenvalue weighted by Crippen LogP contribution is -2.06. The van der Waals surface area contributed by atoms with Gasteiger partial charge in [-0.2, -0.15) is 0 Å². The maximum absolute atomic E-state index is 11.1. The van der Waals surface area contributed by atoms with Gasteiger partial charge in [-0.3, -0.25) is 0 Å². The third kappa shape index (κ3) is 4.29. The van der Waals surface area contributed by atoms with E-state index in [1.165, 1.54) is 0 Å². The van der Waals surface area contributed by atoms with Gasteiger partial charge < -0.3 is 24.9 Å². The highest BCUT2D eigenvalue weighted by atomic mass is 16.5. The van der Waals surface area contributed by atoms with Crippen molar-refractivity contribution >= 4 is 22.6 Å². The molecular weight excluding hydrogens is 380 g/mol. The number of nitrogens with zero attached hydrogens (tertiary/aromatic N) is 1. The van der Waals surface area contributed by atoms with E-state index in [-0.39, 0.29) is 5.56 Å². The number of carboxylic acid groups (broad SMARTS) is 1. The van der Waals surface area contributed by atoms with Crippen molar-refractivity contribution in [2.75, 3.05) is 18.9 Å². The third-order valence-corrected chi connectivity index (χ3v) is 4.81. The number of carboxylic acids is 1. The number of nitrogens with two attached hydrogens (primary N) is 1. The zero-order valence-corrected chi connectivity index (χ0v) is 16.3. The fourth-order valence-corrected chi connectivity index (χ4v) is 3.29. The summed E-state index contributed by atoms with van der Waals surface area (Å²) in [6.45, 7) is 1.48. The van der Waals surface area contributed by atoms with Crippen LogP contribution >= 0.6 is 0 Å². The summed E-state index contributed by atoms with van der Waals surface area (Å²) >= 11 is 0. The van der Waals surface area contributed by atoms with Gasteiger partial charge >= 0.3 is 5.97 Å². The Kier molecular flexibility index (Phi) is 5.68. The molecule has 0 fully saturated rings. The molecule has 1 heterocycles.